The van der Waals surface area contributed by atoms with Crippen molar-refractivity contribution in [3.63, 3.8) is 0 Å². The zero-order chi connectivity index (χ0) is 10.8. The molecule has 0 saturated heterocycles. The molecule has 0 aromatic carbocycles. The molecule has 1 aliphatic carbocycles. The Hall–Kier alpha value is -0.360. The molecular formula is C10H17Cl2N3OS. The molecule has 0 radical (unpaired) electrons. The van der Waals surface area contributed by atoms with Crippen LogP contribution < -0.4 is 11.1 Å². The standard InChI is InChI=1S/C10H15N3OS.2ClH/c1-6-9(15-5-13-6)10(14)12-4-8(11)7-2-3-7;;/h5,7-8H,2-4,11H2,1H3,(H,12,14);2*1H. The number of amides is 1. The number of aromatic nitrogens is 1. The van der Waals surface area contributed by atoms with Gasteiger partial charge in [-0.2, -0.15) is 0 Å². The van der Waals surface area contributed by atoms with Crippen LogP contribution in [0, 0.1) is 12.8 Å². The van der Waals surface area contributed by atoms with Crippen LogP contribution in [-0.4, -0.2) is 23.5 Å². The number of nitrogens with zero attached hydrogens (tertiary/aromatic N) is 1. The Balaban J connectivity index is 0.00000128. The number of thiazole rings is 1. The molecule has 1 heterocycles. The van der Waals surface area contributed by atoms with Crippen LogP contribution in [0.3, 0.4) is 0 Å². The maximum absolute atomic E-state index is 11.7. The van der Waals surface area contributed by atoms with E-state index in [4.69, 9.17) is 5.73 Å². The lowest BCUT2D eigenvalue weighted by molar-refractivity contribution is 0.0953. The molecule has 4 nitrogen and oxygen atoms in total. The fraction of sp³-hybridized carbons (Fsp3) is 0.600. The number of hydrogen-bond acceptors (Lipinski definition) is 4. The van der Waals surface area contributed by atoms with Crippen molar-refractivity contribution in [2.45, 2.75) is 25.8 Å². The maximum Gasteiger partial charge on any atom is 0.263 e. The van der Waals surface area contributed by atoms with Crippen LogP contribution in [0.4, 0.5) is 0 Å². The number of halogens is 2. The van der Waals surface area contributed by atoms with Gasteiger partial charge in [0.1, 0.15) is 4.88 Å². The van der Waals surface area contributed by atoms with Crippen LogP contribution in [0.5, 0.6) is 0 Å². The van der Waals surface area contributed by atoms with Crippen LogP contribution in [-0.2, 0) is 0 Å². The molecule has 0 aliphatic heterocycles. The van der Waals surface area contributed by atoms with Crippen LogP contribution in [0.25, 0.3) is 0 Å². The molecule has 0 bridgehead atoms. The molecule has 1 aliphatic rings. The monoisotopic (exact) mass is 297 g/mol. The van der Waals surface area contributed by atoms with Gasteiger partial charge < -0.3 is 11.1 Å². The van der Waals surface area contributed by atoms with Crippen molar-refractivity contribution in [2.75, 3.05) is 6.54 Å². The number of rotatable bonds is 4. The third-order valence-corrected chi connectivity index (χ3v) is 3.60. The van der Waals surface area contributed by atoms with E-state index < -0.39 is 0 Å². The summed E-state index contributed by atoms with van der Waals surface area (Å²) >= 11 is 1.37. The zero-order valence-corrected chi connectivity index (χ0v) is 12.0. The van der Waals surface area contributed by atoms with E-state index in [-0.39, 0.29) is 36.8 Å². The van der Waals surface area contributed by atoms with Crippen molar-refractivity contribution in [2.24, 2.45) is 11.7 Å². The molecule has 1 fully saturated rings. The summed E-state index contributed by atoms with van der Waals surface area (Å²) in [6, 6.07) is 0.113. The second-order valence-corrected chi connectivity index (χ2v) is 4.83. The normalized spacial score (nSPS) is 15.4. The van der Waals surface area contributed by atoms with Gasteiger partial charge in [0.15, 0.2) is 0 Å². The van der Waals surface area contributed by atoms with Gasteiger partial charge in [-0.05, 0) is 25.7 Å². The Bertz CT molecular complexity index is 368. The molecule has 3 N–H and O–H groups in total. The lowest BCUT2D eigenvalue weighted by atomic mass is 10.2. The third kappa shape index (κ3) is 4.43. The first-order valence-electron chi connectivity index (χ1n) is 5.12. The van der Waals surface area contributed by atoms with Gasteiger partial charge >= 0.3 is 0 Å². The number of carbonyl (C=O) groups excluding carboxylic acids is 1. The molecule has 1 aromatic heterocycles. The van der Waals surface area contributed by atoms with E-state index >= 15 is 0 Å². The van der Waals surface area contributed by atoms with Gasteiger partial charge in [0.2, 0.25) is 0 Å². The van der Waals surface area contributed by atoms with Crippen LogP contribution in [0.2, 0.25) is 0 Å². The number of aryl methyl sites for hydroxylation is 1. The maximum atomic E-state index is 11.7. The van der Waals surface area contributed by atoms with E-state index in [1.165, 1.54) is 24.2 Å². The molecular weight excluding hydrogens is 281 g/mol. The summed E-state index contributed by atoms with van der Waals surface area (Å²) in [5.74, 6) is 0.568. The minimum atomic E-state index is -0.0499. The van der Waals surface area contributed by atoms with Crippen LogP contribution in [0.1, 0.15) is 28.2 Å². The summed E-state index contributed by atoms with van der Waals surface area (Å²) in [5.41, 5.74) is 8.37. The first-order valence-corrected chi connectivity index (χ1v) is 6.00. The van der Waals surface area contributed by atoms with Crippen molar-refractivity contribution in [1.82, 2.24) is 10.3 Å². The molecule has 1 unspecified atom stereocenters. The average Bonchev–Trinajstić information content (AvgIpc) is 2.98. The van der Waals surface area contributed by atoms with Gasteiger partial charge in [0.05, 0.1) is 11.2 Å². The van der Waals surface area contributed by atoms with Crippen molar-refractivity contribution in [1.29, 1.82) is 0 Å². The first kappa shape index (κ1) is 16.6. The minimum absolute atomic E-state index is 0. The first-order chi connectivity index (χ1) is 7.18. The second-order valence-electron chi connectivity index (χ2n) is 3.98. The molecule has 1 aromatic rings. The summed E-state index contributed by atoms with van der Waals surface area (Å²) in [7, 11) is 0. The van der Waals surface area contributed by atoms with E-state index in [2.05, 4.69) is 10.3 Å². The number of carbonyl (C=O) groups is 1. The van der Waals surface area contributed by atoms with Crippen molar-refractivity contribution in [3.05, 3.63) is 16.1 Å². The van der Waals surface area contributed by atoms with Gasteiger partial charge in [-0.3, -0.25) is 4.79 Å². The highest BCUT2D eigenvalue weighted by Gasteiger charge is 2.28. The Morgan fingerprint density at radius 1 is 1.65 bits per heavy atom. The molecule has 1 saturated carbocycles. The predicted octanol–water partition coefficient (Wildman–Crippen LogP) is 1.76. The summed E-state index contributed by atoms with van der Waals surface area (Å²) < 4.78 is 0. The highest BCUT2D eigenvalue weighted by molar-refractivity contribution is 7.11. The molecule has 1 amide bonds. The molecule has 1 atom stereocenters. The average molecular weight is 298 g/mol. The van der Waals surface area contributed by atoms with E-state index in [1.54, 1.807) is 5.51 Å². The van der Waals surface area contributed by atoms with Crippen molar-refractivity contribution >= 4 is 42.1 Å². The fourth-order valence-electron chi connectivity index (χ4n) is 1.50. The molecule has 98 valence electrons. The molecule has 17 heavy (non-hydrogen) atoms. The van der Waals surface area contributed by atoms with Gasteiger partial charge in [-0.1, -0.05) is 0 Å². The topological polar surface area (TPSA) is 68.0 Å². The van der Waals surface area contributed by atoms with Crippen LogP contribution in [0.15, 0.2) is 5.51 Å². The Morgan fingerprint density at radius 2 is 2.29 bits per heavy atom. The van der Waals surface area contributed by atoms with Crippen molar-refractivity contribution in [3.8, 4) is 0 Å². The molecule has 2 rings (SSSR count). The Labute approximate surface area is 117 Å². The quantitative estimate of drug-likeness (QED) is 0.890. The smallest absolute Gasteiger partial charge is 0.263 e. The zero-order valence-electron chi connectivity index (χ0n) is 9.51. The van der Waals surface area contributed by atoms with Gasteiger partial charge in [-0.25, -0.2) is 4.98 Å². The third-order valence-electron chi connectivity index (χ3n) is 2.68. The van der Waals surface area contributed by atoms with Gasteiger partial charge in [0, 0.05) is 12.6 Å². The largest absolute Gasteiger partial charge is 0.350 e. The van der Waals surface area contributed by atoms with E-state index in [1.807, 2.05) is 6.92 Å². The summed E-state index contributed by atoms with van der Waals surface area (Å²) in [6.45, 7) is 2.41. The van der Waals surface area contributed by atoms with E-state index in [0.717, 1.165) is 5.69 Å². The highest BCUT2D eigenvalue weighted by Crippen LogP contribution is 2.31. The number of hydrogen-bond donors (Lipinski definition) is 2. The van der Waals surface area contributed by atoms with E-state index in [9.17, 15) is 4.79 Å². The summed E-state index contributed by atoms with van der Waals surface area (Å²) in [4.78, 5) is 16.4. The number of nitrogens with two attached hydrogens (primary N) is 1. The lowest BCUT2D eigenvalue weighted by Crippen LogP contribution is -2.38. The summed E-state index contributed by atoms with van der Waals surface area (Å²) in [5, 5.41) is 2.85. The second kappa shape index (κ2) is 7.16. The summed E-state index contributed by atoms with van der Waals surface area (Å²) in [6.07, 6.45) is 2.41. The lowest BCUT2D eigenvalue weighted by Gasteiger charge is -2.10. The highest BCUT2D eigenvalue weighted by atomic mass is 35.5. The van der Waals surface area contributed by atoms with Crippen LogP contribution >= 0.6 is 36.2 Å². The van der Waals surface area contributed by atoms with E-state index in [0.29, 0.717) is 17.3 Å². The van der Waals surface area contributed by atoms with Crippen molar-refractivity contribution < 1.29 is 4.79 Å². The Morgan fingerprint density at radius 3 is 2.76 bits per heavy atom. The number of nitrogens with one attached hydrogen (secondary N) is 1. The SMILES string of the molecule is Cc1ncsc1C(=O)NCC(N)C1CC1.Cl.Cl. The minimum Gasteiger partial charge on any atom is -0.350 e. The molecule has 0 spiro atoms. The molecule has 7 heteroatoms. The van der Waals surface area contributed by atoms with Gasteiger partial charge in [-0.15, -0.1) is 36.2 Å². The Kier molecular flexibility index (Phi) is 7.01. The predicted molar refractivity (Wildman–Crippen MR) is 74.4 cm³/mol. The van der Waals surface area contributed by atoms with Gasteiger partial charge in [0.25, 0.3) is 5.91 Å². The fourth-order valence-corrected chi connectivity index (χ4v) is 2.22.